The van der Waals surface area contributed by atoms with E-state index in [1.165, 1.54) is 23.7 Å². The van der Waals surface area contributed by atoms with Crippen molar-refractivity contribution in [1.82, 2.24) is 0 Å². The SMILES string of the molecule is O=C(OCCOCCOCCOCCOCCCCCCI)c1ccccc1. The van der Waals surface area contributed by atoms with E-state index >= 15 is 0 Å². The molecule has 7 heteroatoms. The predicted molar refractivity (Wildman–Crippen MR) is 117 cm³/mol. The van der Waals surface area contributed by atoms with Crippen molar-refractivity contribution in [3.8, 4) is 0 Å². The summed E-state index contributed by atoms with van der Waals surface area (Å²) in [5.74, 6) is -0.335. The van der Waals surface area contributed by atoms with Gasteiger partial charge in [0, 0.05) is 6.61 Å². The molecule has 0 amide bonds. The van der Waals surface area contributed by atoms with Crippen LogP contribution in [0.1, 0.15) is 36.0 Å². The van der Waals surface area contributed by atoms with Gasteiger partial charge in [-0.3, -0.25) is 0 Å². The van der Waals surface area contributed by atoms with E-state index in [-0.39, 0.29) is 12.6 Å². The lowest BCUT2D eigenvalue weighted by Crippen LogP contribution is -2.14. The van der Waals surface area contributed by atoms with Crippen LogP contribution in [0, 0.1) is 0 Å². The zero-order chi connectivity index (χ0) is 20.1. The van der Waals surface area contributed by atoms with Crippen LogP contribution in [0.25, 0.3) is 0 Å². The Balaban J connectivity index is 1.74. The van der Waals surface area contributed by atoms with Crippen LogP contribution in [0.3, 0.4) is 0 Å². The van der Waals surface area contributed by atoms with E-state index < -0.39 is 0 Å². The maximum absolute atomic E-state index is 11.7. The number of ether oxygens (including phenoxy) is 5. The molecule has 0 aliphatic heterocycles. The monoisotopic (exact) mass is 508 g/mol. The smallest absolute Gasteiger partial charge is 0.338 e. The molecule has 0 atom stereocenters. The van der Waals surface area contributed by atoms with Gasteiger partial charge < -0.3 is 23.7 Å². The summed E-state index contributed by atoms with van der Waals surface area (Å²) in [6.45, 7) is 4.67. The molecule has 160 valence electrons. The predicted octanol–water partition coefficient (Wildman–Crippen LogP) is 3.91. The highest BCUT2D eigenvalue weighted by Gasteiger charge is 2.04. The molecule has 0 aliphatic carbocycles. The highest BCUT2D eigenvalue weighted by atomic mass is 127. The quantitative estimate of drug-likeness (QED) is 0.122. The molecule has 1 aromatic rings. The van der Waals surface area contributed by atoms with Gasteiger partial charge >= 0.3 is 5.97 Å². The summed E-state index contributed by atoms with van der Waals surface area (Å²) in [6.07, 6.45) is 4.97. The summed E-state index contributed by atoms with van der Waals surface area (Å²) in [5.41, 5.74) is 0.544. The Morgan fingerprint density at radius 3 is 1.71 bits per heavy atom. The van der Waals surface area contributed by atoms with E-state index in [4.69, 9.17) is 23.7 Å². The van der Waals surface area contributed by atoms with Gasteiger partial charge in [0.25, 0.3) is 0 Å². The molecule has 0 fully saturated rings. The first-order valence-electron chi connectivity index (χ1n) is 9.93. The van der Waals surface area contributed by atoms with Crippen molar-refractivity contribution < 1.29 is 28.5 Å². The normalized spacial score (nSPS) is 10.9. The molecule has 28 heavy (non-hydrogen) atoms. The zero-order valence-corrected chi connectivity index (χ0v) is 18.8. The Bertz CT molecular complexity index is 471. The van der Waals surface area contributed by atoms with Gasteiger partial charge in [-0.05, 0) is 29.4 Å². The van der Waals surface area contributed by atoms with Crippen molar-refractivity contribution in [2.45, 2.75) is 25.7 Å². The van der Waals surface area contributed by atoms with Gasteiger partial charge in [-0.1, -0.05) is 53.6 Å². The van der Waals surface area contributed by atoms with Crippen LogP contribution >= 0.6 is 22.6 Å². The van der Waals surface area contributed by atoms with Crippen molar-refractivity contribution in [2.75, 3.05) is 63.9 Å². The topological polar surface area (TPSA) is 63.2 Å². The number of alkyl halides is 1. The molecule has 0 spiro atoms. The summed E-state index contributed by atoms with van der Waals surface area (Å²) < 4.78 is 28.1. The van der Waals surface area contributed by atoms with Gasteiger partial charge in [0.05, 0.1) is 51.8 Å². The van der Waals surface area contributed by atoms with E-state index in [0.717, 1.165) is 13.0 Å². The van der Waals surface area contributed by atoms with Gasteiger partial charge in [-0.2, -0.15) is 0 Å². The minimum atomic E-state index is -0.335. The van der Waals surface area contributed by atoms with Crippen LogP contribution < -0.4 is 0 Å². The maximum atomic E-state index is 11.7. The molecule has 1 aromatic carbocycles. The number of hydrogen-bond donors (Lipinski definition) is 0. The van der Waals surface area contributed by atoms with Crippen LogP contribution in [0.2, 0.25) is 0 Å². The van der Waals surface area contributed by atoms with E-state index in [2.05, 4.69) is 22.6 Å². The van der Waals surface area contributed by atoms with Crippen LogP contribution in [0.4, 0.5) is 0 Å². The molecule has 0 saturated carbocycles. The fourth-order valence-corrected chi connectivity index (χ4v) is 2.80. The Morgan fingerprint density at radius 2 is 1.14 bits per heavy atom. The summed E-state index contributed by atoms with van der Waals surface area (Å²) in [5, 5.41) is 0. The minimum absolute atomic E-state index is 0.231. The third-order valence-corrected chi connectivity index (χ3v) is 4.52. The number of hydrogen-bond acceptors (Lipinski definition) is 6. The Kier molecular flexibility index (Phi) is 17.7. The van der Waals surface area contributed by atoms with Gasteiger partial charge in [0.1, 0.15) is 6.61 Å². The maximum Gasteiger partial charge on any atom is 0.338 e. The first-order valence-corrected chi connectivity index (χ1v) is 11.5. The molecular weight excluding hydrogens is 475 g/mol. The summed E-state index contributed by atoms with van der Waals surface area (Å²) in [4.78, 5) is 11.7. The van der Waals surface area contributed by atoms with Crippen LogP contribution in [0.15, 0.2) is 30.3 Å². The molecule has 0 aromatic heterocycles. The molecule has 1 rings (SSSR count). The largest absolute Gasteiger partial charge is 0.460 e. The first kappa shape index (κ1) is 25.3. The van der Waals surface area contributed by atoms with Gasteiger partial charge in [0.15, 0.2) is 0 Å². The average Bonchev–Trinajstić information content (AvgIpc) is 2.73. The van der Waals surface area contributed by atoms with Gasteiger partial charge in [-0.25, -0.2) is 4.79 Å². The Morgan fingerprint density at radius 1 is 0.643 bits per heavy atom. The second-order valence-corrected chi connectivity index (χ2v) is 7.13. The van der Waals surface area contributed by atoms with E-state index in [9.17, 15) is 4.79 Å². The fourth-order valence-electron chi connectivity index (χ4n) is 2.26. The number of unbranched alkanes of at least 4 members (excludes halogenated alkanes) is 3. The fraction of sp³-hybridized carbons (Fsp3) is 0.667. The number of carbonyl (C=O) groups is 1. The summed E-state index contributed by atoms with van der Waals surface area (Å²) >= 11 is 2.41. The standard InChI is InChI=1S/C21H33IO6/c22-10-6-1-2-7-11-24-12-13-25-14-15-26-16-17-27-18-19-28-21(23)20-8-4-3-5-9-20/h3-5,8-9H,1-2,6-7,10-19H2. The molecule has 0 N–H and O–H groups in total. The molecule has 0 unspecified atom stereocenters. The second-order valence-electron chi connectivity index (χ2n) is 6.05. The third-order valence-electron chi connectivity index (χ3n) is 3.76. The first-order chi connectivity index (χ1) is 13.8. The zero-order valence-electron chi connectivity index (χ0n) is 16.6. The molecular formula is C21H33IO6. The Hall–Kier alpha value is -0.740. The van der Waals surface area contributed by atoms with Crippen LogP contribution in [0.5, 0.6) is 0 Å². The highest BCUT2D eigenvalue weighted by Crippen LogP contribution is 2.02. The number of halogens is 1. The van der Waals surface area contributed by atoms with Gasteiger partial charge in [0.2, 0.25) is 0 Å². The van der Waals surface area contributed by atoms with E-state index in [0.29, 0.717) is 51.8 Å². The highest BCUT2D eigenvalue weighted by molar-refractivity contribution is 14.1. The lowest BCUT2D eigenvalue weighted by atomic mass is 10.2. The number of benzene rings is 1. The van der Waals surface area contributed by atoms with Gasteiger partial charge in [-0.15, -0.1) is 0 Å². The minimum Gasteiger partial charge on any atom is -0.460 e. The number of esters is 1. The lowest BCUT2D eigenvalue weighted by Gasteiger charge is -2.08. The average molecular weight is 508 g/mol. The lowest BCUT2D eigenvalue weighted by molar-refractivity contribution is -0.00913. The summed E-state index contributed by atoms with van der Waals surface area (Å²) in [7, 11) is 0. The van der Waals surface area contributed by atoms with E-state index in [1.54, 1.807) is 24.3 Å². The molecule has 0 saturated heterocycles. The van der Waals surface area contributed by atoms with Crippen molar-refractivity contribution in [3.63, 3.8) is 0 Å². The van der Waals surface area contributed by atoms with Crippen LogP contribution in [-0.2, 0) is 23.7 Å². The molecule has 6 nitrogen and oxygen atoms in total. The summed E-state index contributed by atoms with van der Waals surface area (Å²) in [6, 6.07) is 8.90. The third kappa shape index (κ3) is 15.2. The molecule has 0 heterocycles. The Labute approximate surface area is 182 Å². The second kappa shape index (κ2) is 19.6. The molecule has 0 radical (unpaired) electrons. The van der Waals surface area contributed by atoms with E-state index in [1.807, 2.05) is 6.07 Å². The van der Waals surface area contributed by atoms with Crippen molar-refractivity contribution in [3.05, 3.63) is 35.9 Å². The molecule has 0 aliphatic rings. The van der Waals surface area contributed by atoms with Crippen LogP contribution in [-0.4, -0.2) is 69.9 Å². The molecule has 0 bridgehead atoms. The van der Waals surface area contributed by atoms with Crippen molar-refractivity contribution >= 4 is 28.6 Å². The number of carbonyl (C=O) groups excluding carboxylic acids is 1. The van der Waals surface area contributed by atoms with Crippen molar-refractivity contribution in [1.29, 1.82) is 0 Å². The number of rotatable bonds is 19. The van der Waals surface area contributed by atoms with Crippen molar-refractivity contribution in [2.24, 2.45) is 0 Å².